The van der Waals surface area contributed by atoms with Gasteiger partial charge in [0, 0.05) is 31.2 Å². The Balaban J connectivity index is 1.58. The van der Waals surface area contributed by atoms with Crippen LogP contribution in [0, 0.1) is 11.8 Å². The lowest BCUT2D eigenvalue weighted by Crippen LogP contribution is -2.44. The molecule has 0 saturated carbocycles. The summed E-state index contributed by atoms with van der Waals surface area (Å²) in [6, 6.07) is 5.00. The molecule has 31 heavy (non-hydrogen) atoms. The van der Waals surface area contributed by atoms with E-state index in [-0.39, 0.29) is 23.6 Å². The van der Waals surface area contributed by atoms with Gasteiger partial charge in [0.05, 0.1) is 28.8 Å². The van der Waals surface area contributed by atoms with E-state index in [0.717, 1.165) is 30.1 Å². The fourth-order valence-corrected chi connectivity index (χ4v) is 5.00. The molecule has 2 aromatic rings. The highest BCUT2D eigenvalue weighted by Gasteiger charge is 2.42. The van der Waals surface area contributed by atoms with Crippen LogP contribution in [0.25, 0.3) is 0 Å². The minimum atomic E-state index is -0.420. The van der Waals surface area contributed by atoms with Crippen molar-refractivity contribution in [3.63, 3.8) is 0 Å². The fourth-order valence-electron chi connectivity index (χ4n) is 4.31. The van der Waals surface area contributed by atoms with Gasteiger partial charge in [0.15, 0.2) is 0 Å². The molecule has 2 aliphatic rings. The number of carbonyl (C=O) groups is 3. The van der Waals surface area contributed by atoms with E-state index < -0.39 is 6.04 Å². The Morgan fingerprint density at radius 1 is 1.26 bits per heavy atom. The Morgan fingerprint density at radius 2 is 2.06 bits per heavy atom. The zero-order valence-electron chi connectivity index (χ0n) is 18.1. The molecule has 1 fully saturated rings. The molecule has 164 valence electrons. The summed E-state index contributed by atoms with van der Waals surface area (Å²) in [5, 5.41) is 5.60. The van der Waals surface area contributed by atoms with Gasteiger partial charge in [-0.15, -0.1) is 11.3 Å². The van der Waals surface area contributed by atoms with E-state index in [2.05, 4.69) is 29.0 Å². The predicted molar refractivity (Wildman–Crippen MR) is 120 cm³/mol. The lowest BCUT2D eigenvalue weighted by Gasteiger charge is -2.34. The van der Waals surface area contributed by atoms with Gasteiger partial charge in [-0.3, -0.25) is 19.3 Å². The maximum Gasteiger partial charge on any atom is 0.264 e. The van der Waals surface area contributed by atoms with E-state index in [4.69, 9.17) is 0 Å². The van der Waals surface area contributed by atoms with Crippen molar-refractivity contribution in [2.24, 2.45) is 11.8 Å². The van der Waals surface area contributed by atoms with Gasteiger partial charge < -0.3 is 10.2 Å². The molecule has 4 rings (SSSR count). The molecule has 3 heterocycles. The van der Waals surface area contributed by atoms with Crippen LogP contribution >= 0.6 is 11.3 Å². The lowest BCUT2D eigenvalue weighted by molar-refractivity contribution is -0.125. The van der Waals surface area contributed by atoms with E-state index in [1.165, 1.54) is 16.2 Å². The number of imide groups is 1. The Hall–Kier alpha value is -2.74. The molecule has 0 spiro atoms. The summed E-state index contributed by atoms with van der Waals surface area (Å²) < 4.78 is 0. The monoisotopic (exact) mass is 440 g/mol. The molecule has 8 heteroatoms. The van der Waals surface area contributed by atoms with E-state index in [1.54, 1.807) is 12.3 Å². The second-order valence-electron chi connectivity index (χ2n) is 8.65. The second-order valence-corrected chi connectivity index (χ2v) is 9.58. The number of nitrogens with one attached hydrogen (secondary N) is 1. The quantitative estimate of drug-likeness (QED) is 0.696. The van der Waals surface area contributed by atoms with Crippen molar-refractivity contribution in [3.05, 3.63) is 45.9 Å². The number of amides is 3. The number of rotatable bonds is 6. The fraction of sp³-hybridized carbons (Fsp3) is 0.478. The van der Waals surface area contributed by atoms with Crippen LogP contribution in [-0.4, -0.2) is 47.2 Å². The third-order valence-electron chi connectivity index (χ3n) is 5.94. The van der Waals surface area contributed by atoms with Crippen LogP contribution in [0.5, 0.6) is 0 Å². The Labute approximate surface area is 186 Å². The van der Waals surface area contributed by atoms with Crippen molar-refractivity contribution in [2.75, 3.05) is 24.5 Å². The number of thiazole rings is 1. The van der Waals surface area contributed by atoms with Crippen molar-refractivity contribution in [2.45, 2.75) is 39.7 Å². The molecule has 0 bridgehead atoms. The number of nitrogens with zero attached hydrogens (tertiary/aromatic N) is 3. The molecule has 2 aliphatic heterocycles. The molecular weight excluding hydrogens is 412 g/mol. The minimum absolute atomic E-state index is 0.0624. The normalized spacial score (nSPS) is 19.7. The van der Waals surface area contributed by atoms with Crippen LogP contribution in [-0.2, 0) is 4.79 Å². The minimum Gasteiger partial charge on any atom is -0.370 e. The standard InChI is InChI=1S/C23H28N4O3S/c1-14(2)12-25-20(28)16-6-5-10-26(13-16)18-8-4-7-17-19(18)23(30)27(22(17)29)15(3)21-24-9-11-31-21/h4,7-9,11,14-16H,5-6,10,12-13H2,1-3H3,(H,25,28)/t15-,16+/m1/s1. The zero-order chi connectivity index (χ0) is 22.1. The molecule has 0 unspecified atom stereocenters. The summed E-state index contributed by atoms with van der Waals surface area (Å²) in [4.78, 5) is 46.8. The van der Waals surface area contributed by atoms with Crippen molar-refractivity contribution >= 4 is 34.7 Å². The van der Waals surface area contributed by atoms with Crippen molar-refractivity contribution < 1.29 is 14.4 Å². The third-order valence-corrected chi connectivity index (χ3v) is 6.88. The topological polar surface area (TPSA) is 82.6 Å². The maximum atomic E-state index is 13.4. The van der Waals surface area contributed by atoms with E-state index in [9.17, 15) is 14.4 Å². The van der Waals surface area contributed by atoms with E-state index >= 15 is 0 Å². The van der Waals surface area contributed by atoms with Crippen molar-refractivity contribution in [1.82, 2.24) is 15.2 Å². The number of aromatic nitrogens is 1. The third kappa shape index (κ3) is 4.08. The summed E-state index contributed by atoms with van der Waals surface area (Å²) in [6.07, 6.45) is 3.37. The first-order valence-electron chi connectivity index (χ1n) is 10.8. The Bertz CT molecular complexity index is 989. The molecule has 0 aliphatic carbocycles. The highest BCUT2D eigenvalue weighted by molar-refractivity contribution is 7.09. The first-order chi connectivity index (χ1) is 14.9. The summed E-state index contributed by atoms with van der Waals surface area (Å²) >= 11 is 1.43. The van der Waals surface area contributed by atoms with Gasteiger partial charge in [0.1, 0.15) is 5.01 Å². The number of carbonyl (C=O) groups excluding carboxylic acids is 3. The van der Waals surface area contributed by atoms with Gasteiger partial charge in [0.25, 0.3) is 11.8 Å². The molecule has 1 aromatic heterocycles. The molecule has 1 aromatic carbocycles. The average molecular weight is 441 g/mol. The largest absolute Gasteiger partial charge is 0.370 e. The molecule has 3 amide bonds. The van der Waals surface area contributed by atoms with Crippen LogP contribution < -0.4 is 10.2 Å². The number of hydrogen-bond acceptors (Lipinski definition) is 6. The average Bonchev–Trinajstić information content (AvgIpc) is 3.39. The number of fused-ring (bicyclic) bond motifs is 1. The molecule has 1 saturated heterocycles. The first kappa shape index (κ1) is 21.5. The van der Waals surface area contributed by atoms with Crippen LogP contribution in [0.1, 0.15) is 65.4 Å². The van der Waals surface area contributed by atoms with Gasteiger partial charge in [-0.05, 0) is 37.8 Å². The van der Waals surface area contributed by atoms with E-state index in [1.807, 2.05) is 24.4 Å². The molecule has 7 nitrogen and oxygen atoms in total. The van der Waals surface area contributed by atoms with Crippen LogP contribution in [0.15, 0.2) is 29.8 Å². The van der Waals surface area contributed by atoms with Gasteiger partial charge in [-0.1, -0.05) is 19.9 Å². The number of piperidine rings is 1. The zero-order valence-corrected chi connectivity index (χ0v) is 18.9. The molecule has 0 radical (unpaired) electrons. The lowest BCUT2D eigenvalue weighted by atomic mass is 9.95. The van der Waals surface area contributed by atoms with Crippen molar-refractivity contribution in [3.8, 4) is 0 Å². The van der Waals surface area contributed by atoms with Gasteiger partial charge >= 0.3 is 0 Å². The second kappa shape index (κ2) is 8.78. The highest BCUT2D eigenvalue weighted by Crippen LogP contribution is 2.37. The summed E-state index contributed by atoms with van der Waals surface area (Å²) in [5.41, 5.74) is 1.61. The Morgan fingerprint density at radius 3 is 2.77 bits per heavy atom. The predicted octanol–water partition coefficient (Wildman–Crippen LogP) is 3.49. The van der Waals surface area contributed by atoms with Crippen LogP contribution in [0.3, 0.4) is 0 Å². The summed E-state index contributed by atoms with van der Waals surface area (Å²) in [6.45, 7) is 7.93. The maximum absolute atomic E-state index is 13.4. The molecule has 2 atom stereocenters. The summed E-state index contributed by atoms with van der Waals surface area (Å²) in [5.74, 6) is -0.235. The number of benzene rings is 1. The van der Waals surface area contributed by atoms with Crippen molar-refractivity contribution in [1.29, 1.82) is 0 Å². The smallest absolute Gasteiger partial charge is 0.264 e. The van der Waals surface area contributed by atoms with Crippen LogP contribution in [0.4, 0.5) is 5.69 Å². The highest BCUT2D eigenvalue weighted by atomic mass is 32.1. The number of hydrogen-bond donors (Lipinski definition) is 1. The van der Waals surface area contributed by atoms with Gasteiger partial charge in [0.2, 0.25) is 5.91 Å². The first-order valence-corrected chi connectivity index (χ1v) is 11.7. The molecular formula is C23H28N4O3S. The van der Waals surface area contributed by atoms with E-state index in [0.29, 0.717) is 30.1 Å². The Kier molecular flexibility index (Phi) is 6.09. The molecule has 1 N–H and O–H groups in total. The summed E-state index contributed by atoms with van der Waals surface area (Å²) in [7, 11) is 0. The van der Waals surface area contributed by atoms with Gasteiger partial charge in [-0.25, -0.2) is 4.98 Å². The van der Waals surface area contributed by atoms with Gasteiger partial charge in [-0.2, -0.15) is 0 Å². The number of anilines is 1. The SMILES string of the molecule is CC(C)CNC(=O)[C@H]1CCCN(c2cccc3c2C(=O)N([C@H](C)c2nccs2)C3=O)C1. The van der Waals surface area contributed by atoms with Crippen LogP contribution in [0.2, 0.25) is 0 Å².